The van der Waals surface area contributed by atoms with Gasteiger partial charge in [0.2, 0.25) is 0 Å². The van der Waals surface area contributed by atoms with E-state index in [0.717, 1.165) is 41.8 Å². The Kier molecular flexibility index (Phi) is 4.18. The zero-order valence-electron chi connectivity index (χ0n) is 12.0. The zero-order valence-corrected chi connectivity index (χ0v) is 12.0. The Morgan fingerprint density at radius 2 is 1.47 bits per heavy atom. The number of rotatable bonds is 3. The summed E-state index contributed by atoms with van der Waals surface area (Å²) in [5.74, 6) is 0. The molecule has 0 amide bonds. The molecule has 1 N–H and O–H groups in total. The lowest BCUT2D eigenvalue weighted by Crippen LogP contribution is -2.27. The lowest BCUT2D eigenvalue weighted by atomic mass is 9.86. The first kappa shape index (κ1) is 14.0. The number of aromatic amines is 1. The lowest BCUT2D eigenvalue weighted by molar-refractivity contribution is 0.555. The third kappa shape index (κ3) is 2.62. The first-order valence-corrected chi connectivity index (χ1v) is 6.64. The van der Waals surface area contributed by atoms with E-state index in [1.54, 1.807) is 0 Å². The average Bonchev–Trinajstić information content (AvgIpc) is 2.26. The molecule has 0 bridgehead atoms. The highest BCUT2D eigenvalue weighted by atomic mass is 16.1. The molecule has 0 saturated carbocycles. The van der Waals surface area contributed by atoms with Crippen LogP contribution in [0.2, 0.25) is 0 Å². The van der Waals surface area contributed by atoms with Gasteiger partial charge in [0.15, 0.2) is 5.43 Å². The van der Waals surface area contributed by atoms with Crippen molar-refractivity contribution in [1.29, 1.82) is 0 Å². The largest absolute Gasteiger partial charge is 0.361 e. The maximum atomic E-state index is 12.5. The molecule has 0 aromatic carbocycles. The summed E-state index contributed by atoms with van der Waals surface area (Å²) in [5.41, 5.74) is 4.42. The molecule has 2 heteroatoms. The van der Waals surface area contributed by atoms with E-state index in [4.69, 9.17) is 0 Å². The predicted molar refractivity (Wildman–Crippen MR) is 73.9 cm³/mol. The molecule has 0 spiro atoms. The normalized spacial score (nSPS) is 11.9. The second kappa shape index (κ2) is 5.07. The van der Waals surface area contributed by atoms with E-state index >= 15 is 0 Å². The Balaban J connectivity index is 3.63. The number of aromatic nitrogens is 1. The highest BCUT2D eigenvalue weighted by molar-refractivity contribution is 5.34. The summed E-state index contributed by atoms with van der Waals surface area (Å²) < 4.78 is 0. The molecule has 0 atom stereocenters. The van der Waals surface area contributed by atoms with Gasteiger partial charge in [-0.25, -0.2) is 0 Å². The fraction of sp³-hybridized carbons (Fsp3) is 0.667. The van der Waals surface area contributed by atoms with Crippen molar-refractivity contribution >= 4 is 0 Å². The standard InChI is InChI=1S/C15H25NO/c1-7-10-12(9-3)16-14(15(4,5)6)11(8-2)13(10)17/h7-9H2,1-6H3,(H,16,17). The van der Waals surface area contributed by atoms with Crippen molar-refractivity contribution in [3.05, 3.63) is 32.7 Å². The van der Waals surface area contributed by atoms with Crippen LogP contribution < -0.4 is 5.43 Å². The quantitative estimate of drug-likeness (QED) is 0.856. The van der Waals surface area contributed by atoms with Crippen molar-refractivity contribution in [2.24, 2.45) is 0 Å². The van der Waals surface area contributed by atoms with Crippen LogP contribution in [0.5, 0.6) is 0 Å². The summed E-state index contributed by atoms with van der Waals surface area (Å²) in [5, 5.41) is 0. The highest BCUT2D eigenvalue weighted by Crippen LogP contribution is 2.24. The van der Waals surface area contributed by atoms with Gasteiger partial charge in [0.25, 0.3) is 0 Å². The zero-order chi connectivity index (χ0) is 13.2. The minimum Gasteiger partial charge on any atom is -0.361 e. The first-order chi connectivity index (χ1) is 7.86. The maximum Gasteiger partial charge on any atom is 0.188 e. The summed E-state index contributed by atoms with van der Waals surface area (Å²) in [6, 6.07) is 0. The van der Waals surface area contributed by atoms with Crippen molar-refractivity contribution in [1.82, 2.24) is 4.98 Å². The number of hydrogen-bond acceptors (Lipinski definition) is 1. The van der Waals surface area contributed by atoms with Gasteiger partial charge in [0.05, 0.1) is 0 Å². The molecule has 2 nitrogen and oxygen atoms in total. The van der Waals surface area contributed by atoms with Gasteiger partial charge in [-0.15, -0.1) is 0 Å². The minimum atomic E-state index is 0.000689. The number of nitrogens with one attached hydrogen (secondary N) is 1. The molecule has 1 aromatic heterocycles. The van der Waals surface area contributed by atoms with Crippen LogP contribution in [0.25, 0.3) is 0 Å². The Labute approximate surface area is 104 Å². The van der Waals surface area contributed by atoms with Crippen LogP contribution in [-0.4, -0.2) is 4.98 Å². The molecular formula is C15H25NO. The van der Waals surface area contributed by atoms with Crippen LogP contribution in [0, 0.1) is 0 Å². The Hall–Kier alpha value is -1.05. The van der Waals surface area contributed by atoms with Crippen molar-refractivity contribution in [2.75, 3.05) is 0 Å². The first-order valence-electron chi connectivity index (χ1n) is 6.64. The summed E-state index contributed by atoms with van der Waals surface area (Å²) >= 11 is 0. The predicted octanol–water partition coefficient (Wildman–Crippen LogP) is 3.36. The summed E-state index contributed by atoms with van der Waals surface area (Å²) in [4.78, 5) is 16.0. The van der Waals surface area contributed by atoms with Gasteiger partial charge in [-0.3, -0.25) is 4.79 Å². The minimum absolute atomic E-state index is 0.000689. The molecule has 0 radical (unpaired) electrons. The third-order valence-corrected chi connectivity index (χ3v) is 3.30. The average molecular weight is 235 g/mol. The molecule has 1 heterocycles. The fourth-order valence-corrected chi connectivity index (χ4v) is 2.39. The van der Waals surface area contributed by atoms with Crippen LogP contribution in [0.3, 0.4) is 0 Å². The van der Waals surface area contributed by atoms with Gasteiger partial charge in [-0.05, 0) is 19.3 Å². The molecule has 96 valence electrons. The van der Waals surface area contributed by atoms with Crippen LogP contribution in [0.1, 0.15) is 64.1 Å². The van der Waals surface area contributed by atoms with Crippen LogP contribution in [0.4, 0.5) is 0 Å². The molecule has 1 aromatic rings. The fourth-order valence-electron chi connectivity index (χ4n) is 2.39. The summed E-state index contributed by atoms with van der Waals surface area (Å²) in [6.45, 7) is 12.7. The maximum absolute atomic E-state index is 12.5. The molecule has 0 aliphatic heterocycles. The lowest BCUT2D eigenvalue weighted by Gasteiger charge is -2.24. The van der Waals surface area contributed by atoms with Gasteiger partial charge in [0.1, 0.15) is 0 Å². The smallest absolute Gasteiger partial charge is 0.188 e. The number of aryl methyl sites for hydroxylation is 1. The van der Waals surface area contributed by atoms with Gasteiger partial charge in [0, 0.05) is 27.9 Å². The van der Waals surface area contributed by atoms with Gasteiger partial charge in [-0.1, -0.05) is 41.5 Å². The van der Waals surface area contributed by atoms with E-state index in [1.165, 1.54) is 0 Å². The van der Waals surface area contributed by atoms with Crippen LogP contribution in [0.15, 0.2) is 4.79 Å². The Morgan fingerprint density at radius 1 is 0.941 bits per heavy atom. The molecule has 0 saturated heterocycles. The van der Waals surface area contributed by atoms with Gasteiger partial charge >= 0.3 is 0 Å². The van der Waals surface area contributed by atoms with Gasteiger partial charge < -0.3 is 4.98 Å². The van der Waals surface area contributed by atoms with E-state index in [0.29, 0.717) is 0 Å². The van der Waals surface area contributed by atoms with Crippen molar-refractivity contribution in [3.8, 4) is 0 Å². The third-order valence-electron chi connectivity index (χ3n) is 3.30. The molecule has 0 fully saturated rings. The van der Waals surface area contributed by atoms with E-state index < -0.39 is 0 Å². The second-order valence-electron chi connectivity index (χ2n) is 5.58. The molecule has 0 aliphatic carbocycles. The second-order valence-corrected chi connectivity index (χ2v) is 5.58. The van der Waals surface area contributed by atoms with E-state index in [1.807, 2.05) is 0 Å². The molecule has 0 unspecified atom stereocenters. The molecule has 0 aliphatic rings. The summed E-state index contributed by atoms with van der Waals surface area (Å²) in [7, 11) is 0. The topological polar surface area (TPSA) is 32.9 Å². The van der Waals surface area contributed by atoms with E-state index in [2.05, 4.69) is 46.5 Å². The van der Waals surface area contributed by atoms with Gasteiger partial charge in [-0.2, -0.15) is 0 Å². The van der Waals surface area contributed by atoms with E-state index in [-0.39, 0.29) is 10.8 Å². The van der Waals surface area contributed by atoms with Crippen LogP contribution in [-0.2, 0) is 24.7 Å². The van der Waals surface area contributed by atoms with Crippen molar-refractivity contribution in [2.45, 2.75) is 66.2 Å². The number of hydrogen-bond donors (Lipinski definition) is 1. The highest BCUT2D eigenvalue weighted by Gasteiger charge is 2.22. The Bertz CT molecular complexity index is 449. The molecular weight excluding hydrogens is 210 g/mol. The van der Waals surface area contributed by atoms with Crippen molar-refractivity contribution < 1.29 is 0 Å². The number of H-pyrrole nitrogens is 1. The van der Waals surface area contributed by atoms with Crippen molar-refractivity contribution in [3.63, 3.8) is 0 Å². The van der Waals surface area contributed by atoms with E-state index in [9.17, 15) is 4.79 Å². The SMILES string of the molecule is CCc1[nH]c(C(C)(C)C)c(CC)c(=O)c1CC. The molecule has 1 rings (SSSR count). The summed E-state index contributed by atoms with van der Waals surface area (Å²) in [6.07, 6.45) is 2.51. The van der Waals surface area contributed by atoms with Crippen LogP contribution >= 0.6 is 0 Å². The molecule has 17 heavy (non-hydrogen) atoms. The number of pyridine rings is 1. The monoisotopic (exact) mass is 235 g/mol. The Morgan fingerprint density at radius 3 is 1.82 bits per heavy atom.